The Labute approximate surface area is 173 Å². The number of benzene rings is 1. The predicted octanol–water partition coefficient (Wildman–Crippen LogP) is 2.65. The molecule has 1 aliphatic rings. The molecule has 2 unspecified atom stereocenters. The van der Waals surface area contributed by atoms with Crippen LogP contribution < -0.4 is 4.74 Å². The third kappa shape index (κ3) is 9.57. The van der Waals surface area contributed by atoms with Crippen LogP contribution in [-0.2, 0) is 19.1 Å². The van der Waals surface area contributed by atoms with Gasteiger partial charge in [-0.25, -0.2) is 9.59 Å². The van der Waals surface area contributed by atoms with E-state index in [2.05, 4.69) is 18.7 Å². The molecule has 1 aliphatic heterocycles. The molecule has 10 heteroatoms. The minimum absolute atomic E-state index is 0.287. The monoisotopic (exact) mass is 437 g/mol. The third-order valence-corrected chi connectivity index (χ3v) is 4.22. The Hall–Kier alpha value is -1.58. The van der Waals surface area contributed by atoms with Crippen molar-refractivity contribution in [1.82, 2.24) is 4.90 Å². The molecule has 28 heavy (non-hydrogen) atoms. The van der Waals surface area contributed by atoms with E-state index in [9.17, 15) is 0 Å². The number of halogens is 2. The topological polar surface area (TPSA) is 106 Å². The number of carbonyl (C=O) groups is 2. The van der Waals surface area contributed by atoms with Gasteiger partial charge in [0.15, 0.2) is 5.75 Å². The zero-order valence-electron chi connectivity index (χ0n) is 15.8. The van der Waals surface area contributed by atoms with Crippen LogP contribution in [0, 0.1) is 0 Å². The fourth-order valence-corrected chi connectivity index (χ4v) is 3.09. The van der Waals surface area contributed by atoms with Gasteiger partial charge >= 0.3 is 11.9 Å². The van der Waals surface area contributed by atoms with E-state index in [1.165, 1.54) is 0 Å². The molecule has 1 heterocycles. The number of ether oxygens (including phenoxy) is 3. The first-order chi connectivity index (χ1) is 13.2. The van der Waals surface area contributed by atoms with Gasteiger partial charge in [-0.3, -0.25) is 4.90 Å². The molecular weight excluding hydrogens is 413 g/mol. The number of carboxylic acid groups (broad SMARTS) is 2. The van der Waals surface area contributed by atoms with Crippen molar-refractivity contribution < 1.29 is 34.0 Å². The number of hydrogen-bond donors (Lipinski definition) is 2. The fraction of sp³-hybridized carbons (Fsp3) is 0.556. The lowest BCUT2D eigenvalue weighted by molar-refractivity contribution is -0.159. The summed E-state index contributed by atoms with van der Waals surface area (Å²) in [7, 11) is 0. The fourth-order valence-electron chi connectivity index (χ4n) is 2.59. The second-order valence-corrected chi connectivity index (χ2v) is 6.95. The van der Waals surface area contributed by atoms with Gasteiger partial charge in [0.1, 0.15) is 6.61 Å². The first kappa shape index (κ1) is 24.5. The number of nitrogens with zero attached hydrogens (tertiary/aromatic N) is 1. The van der Waals surface area contributed by atoms with Crippen molar-refractivity contribution in [3.05, 3.63) is 28.2 Å². The van der Waals surface area contributed by atoms with Crippen molar-refractivity contribution in [2.75, 3.05) is 39.5 Å². The van der Waals surface area contributed by atoms with Gasteiger partial charge in [-0.2, -0.15) is 0 Å². The van der Waals surface area contributed by atoms with Crippen LogP contribution >= 0.6 is 23.2 Å². The Morgan fingerprint density at radius 2 is 1.61 bits per heavy atom. The van der Waals surface area contributed by atoms with E-state index in [0.717, 1.165) is 19.6 Å². The van der Waals surface area contributed by atoms with E-state index < -0.39 is 11.9 Å². The van der Waals surface area contributed by atoms with Crippen LogP contribution in [0.1, 0.15) is 13.8 Å². The van der Waals surface area contributed by atoms with E-state index in [1.807, 2.05) is 0 Å². The molecule has 0 aromatic heterocycles. The van der Waals surface area contributed by atoms with Crippen molar-refractivity contribution >= 4 is 35.1 Å². The van der Waals surface area contributed by atoms with Crippen molar-refractivity contribution in [3.8, 4) is 5.75 Å². The first-order valence-electron chi connectivity index (χ1n) is 8.69. The Morgan fingerprint density at radius 3 is 2.11 bits per heavy atom. The van der Waals surface area contributed by atoms with Crippen molar-refractivity contribution in [2.45, 2.75) is 26.1 Å². The Kier molecular flexibility index (Phi) is 11.2. The molecule has 2 atom stereocenters. The maximum atomic E-state index is 9.10. The summed E-state index contributed by atoms with van der Waals surface area (Å²) in [5.41, 5.74) is 0. The van der Waals surface area contributed by atoms with E-state index in [-0.39, 0.29) is 12.2 Å². The summed E-state index contributed by atoms with van der Waals surface area (Å²) in [6.45, 7) is 8.65. The van der Waals surface area contributed by atoms with Crippen LogP contribution in [0.25, 0.3) is 0 Å². The highest BCUT2D eigenvalue weighted by molar-refractivity contribution is 6.37. The van der Waals surface area contributed by atoms with Gasteiger partial charge in [0.2, 0.25) is 0 Å². The van der Waals surface area contributed by atoms with E-state index >= 15 is 0 Å². The SMILES string of the molecule is CC1CN(CCOCCOc2c(Cl)cccc2Cl)CC(C)O1.O=C(O)C(=O)O. The van der Waals surface area contributed by atoms with Crippen LogP contribution in [0.4, 0.5) is 0 Å². The number of hydrogen-bond acceptors (Lipinski definition) is 6. The number of morpholine rings is 1. The average Bonchev–Trinajstić information content (AvgIpc) is 2.59. The van der Waals surface area contributed by atoms with Crippen molar-refractivity contribution in [1.29, 1.82) is 0 Å². The normalized spacial score (nSPS) is 19.4. The lowest BCUT2D eigenvalue weighted by Gasteiger charge is -2.35. The molecule has 158 valence electrons. The number of para-hydroxylation sites is 1. The Balaban J connectivity index is 0.000000568. The molecule has 1 fully saturated rings. The molecule has 1 saturated heterocycles. The molecule has 1 aromatic rings. The summed E-state index contributed by atoms with van der Waals surface area (Å²) in [6, 6.07) is 5.30. The van der Waals surface area contributed by atoms with Crippen molar-refractivity contribution in [2.24, 2.45) is 0 Å². The summed E-state index contributed by atoms with van der Waals surface area (Å²) in [5, 5.41) is 15.8. The largest absolute Gasteiger partial charge is 0.488 e. The molecule has 0 radical (unpaired) electrons. The molecule has 1 aromatic carbocycles. The molecule has 0 amide bonds. The second-order valence-electron chi connectivity index (χ2n) is 6.14. The van der Waals surface area contributed by atoms with E-state index in [0.29, 0.717) is 35.6 Å². The minimum atomic E-state index is -1.82. The molecule has 2 rings (SSSR count). The highest BCUT2D eigenvalue weighted by atomic mass is 35.5. The second kappa shape index (κ2) is 12.8. The van der Waals surface area contributed by atoms with Gasteiger partial charge < -0.3 is 24.4 Å². The number of rotatable bonds is 7. The van der Waals surface area contributed by atoms with Gasteiger partial charge in [-0.15, -0.1) is 0 Å². The number of carboxylic acids is 2. The molecule has 2 N–H and O–H groups in total. The first-order valence-corrected chi connectivity index (χ1v) is 9.44. The smallest absolute Gasteiger partial charge is 0.414 e. The van der Waals surface area contributed by atoms with E-state index in [4.69, 9.17) is 57.2 Å². The Morgan fingerprint density at radius 1 is 1.07 bits per heavy atom. The van der Waals surface area contributed by atoms with Gasteiger partial charge in [-0.05, 0) is 26.0 Å². The van der Waals surface area contributed by atoms with Gasteiger partial charge in [0, 0.05) is 19.6 Å². The maximum absolute atomic E-state index is 9.10. The highest BCUT2D eigenvalue weighted by Crippen LogP contribution is 2.32. The standard InChI is InChI=1S/C16H23Cl2NO3.C2H2O4/c1-12-10-19(11-13(2)22-12)6-7-20-8-9-21-16-14(17)4-3-5-15(16)18;3-1(4)2(5)6/h3-5,12-13H,6-11H2,1-2H3;(H,3,4)(H,5,6). The van der Waals surface area contributed by atoms with Gasteiger partial charge in [0.05, 0.1) is 35.5 Å². The molecule has 0 aliphatic carbocycles. The molecule has 0 saturated carbocycles. The summed E-state index contributed by atoms with van der Waals surface area (Å²) < 4.78 is 16.9. The third-order valence-electron chi connectivity index (χ3n) is 3.62. The quantitative estimate of drug-likeness (QED) is 0.495. The lowest BCUT2D eigenvalue weighted by Crippen LogP contribution is -2.46. The summed E-state index contributed by atoms with van der Waals surface area (Å²) in [6.07, 6.45) is 0.573. The van der Waals surface area contributed by atoms with Crippen LogP contribution in [0.15, 0.2) is 18.2 Å². The van der Waals surface area contributed by atoms with Crippen LogP contribution in [0.3, 0.4) is 0 Å². The van der Waals surface area contributed by atoms with E-state index in [1.54, 1.807) is 18.2 Å². The maximum Gasteiger partial charge on any atom is 0.414 e. The summed E-state index contributed by atoms with van der Waals surface area (Å²) in [4.78, 5) is 20.6. The minimum Gasteiger partial charge on any atom is -0.488 e. The molecular formula is C18H25Cl2NO7. The molecule has 0 spiro atoms. The molecule has 0 bridgehead atoms. The van der Waals surface area contributed by atoms with Crippen molar-refractivity contribution in [3.63, 3.8) is 0 Å². The van der Waals surface area contributed by atoms with Crippen LogP contribution in [0.5, 0.6) is 5.75 Å². The predicted molar refractivity (Wildman–Crippen MR) is 104 cm³/mol. The number of aliphatic carboxylic acids is 2. The zero-order chi connectivity index (χ0) is 21.1. The summed E-state index contributed by atoms with van der Waals surface area (Å²) in [5.74, 6) is -3.13. The lowest BCUT2D eigenvalue weighted by atomic mass is 10.2. The van der Waals surface area contributed by atoms with Gasteiger partial charge in [-0.1, -0.05) is 29.3 Å². The summed E-state index contributed by atoms with van der Waals surface area (Å²) >= 11 is 12.1. The molecule has 8 nitrogen and oxygen atoms in total. The Bertz CT molecular complexity index is 602. The zero-order valence-corrected chi connectivity index (χ0v) is 17.3. The van der Waals surface area contributed by atoms with Crippen LogP contribution in [-0.4, -0.2) is 78.7 Å². The highest BCUT2D eigenvalue weighted by Gasteiger charge is 2.21. The average molecular weight is 438 g/mol. The van der Waals surface area contributed by atoms with Crippen LogP contribution in [0.2, 0.25) is 10.0 Å². The van der Waals surface area contributed by atoms with Gasteiger partial charge in [0.25, 0.3) is 0 Å².